The number of methoxy groups -OCH3 is 1. The molecule has 3 heterocycles. The smallest absolute Gasteiger partial charge is 0.306 e. The van der Waals surface area contributed by atoms with E-state index < -0.39 is 11.9 Å². The van der Waals surface area contributed by atoms with Gasteiger partial charge < -0.3 is 14.6 Å². The Morgan fingerprint density at radius 3 is 2.67 bits per heavy atom. The Bertz CT molecular complexity index is 1400. The first kappa shape index (κ1) is 26.8. The van der Waals surface area contributed by atoms with Gasteiger partial charge in [0.15, 0.2) is 0 Å². The van der Waals surface area contributed by atoms with Gasteiger partial charge in [0.25, 0.3) is 0 Å². The maximum absolute atomic E-state index is 14.8. The zero-order valence-corrected chi connectivity index (χ0v) is 23.2. The number of aliphatic carboxylic acids is 1. The molecule has 0 radical (unpaired) electrons. The molecular formula is C33H37FN2O4. The van der Waals surface area contributed by atoms with Gasteiger partial charge in [-0.3, -0.25) is 9.69 Å². The molecule has 1 aromatic heterocycles. The van der Waals surface area contributed by atoms with Crippen LogP contribution in [-0.4, -0.2) is 41.2 Å². The van der Waals surface area contributed by atoms with Crippen molar-refractivity contribution < 1.29 is 23.8 Å². The molecule has 2 unspecified atom stereocenters. The molecule has 40 heavy (non-hydrogen) atoms. The second-order valence-electron chi connectivity index (χ2n) is 11.6. The second-order valence-corrected chi connectivity index (χ2v) is 11.6. The van der Waals surface area contributed by atoms with Crippen molar-refractivity contribution >= 4 is 5.97 Å². The maximum Gasteiger partial charge on any atom is 0.306 e. The van der Waals surface area contributed by atoms with Crippen LogP contribution < -0.4 is 9.47 Å². The van der Waals surface area contributed by atoms with E-state index >= 15 is 0 Å². The van der Waals surface area contributed by atoms with Gasteiger partial charge in [0, 0.05) is 18.2 Å². The van der Waals surface area contributed by atoms with Crippen molar-refractivity contribution in [3.8, 4) is 22.8 Å². The second kappa shape index (κ2) is 11.2. The van der Waals surface area contributed by atoms with E-state index in [0.29, 0.717) is 17.4 Å². The SMILES string of the molecule is COc1cc(-c2ccc(C3CCc4ccc(C(C5CC5)[C@H](C)C(=O)O)cc4O3)c(CN3CCCC3)c2)c(F)cn1. The minimum Gasteiger partial charge on any atom is -0.485 e. The molecule has 1 N–H and O–H groups in total. The highest BCUT2D eigenvalue weighted by molar-refractivity contribution is 5.71. The Morgan fingerprint density at radius 2 is 1.95 bits per heavy atom. The van der Waals surface area contributed by atoms with Crippen LogP contribution in [0.3, 0.4) is 0 Å². The molecule has 0 bridgehead atoms. The monoisotopic (exact) mass is 544 g/mol. The van der Waals surface area contributed by atoms with Crippen LogP contribution in [0.25, 0.3) is 11.1 Å². The van der Waals surface area contributed by atoms with Crippen LogP contribution in [0, 0.1) is 17.7 Å². The minimum absolute atomic E-state index is 0.00374. The molecule has 2 aliphatic heterocycles. The number of aromatic nitrogens is 1. The van der Waals surface area contributed by atoms with Crippen molar-refractivity contribution in [2.24, 2.45) is 11.8 Å². The first-order valence-corrected chi connectivity index (χ1v) is 14.5. The molecule has 1 saturated heterocycles. The summed E-state index contributed by atoms with van der Waals surface area (Å²) in [7, 11) is 1.53. The summed E-state index contributed by atoms with van der Waals surface area (Å²) in [6, 6.07) is 14.1. The van der Waals surface area contributed by atoms with Gasteiger partial charge in [-0.25, -0.2) is 9.37 Å². The summed E-state index contributed by atoms with van der Waals surface area (Å²) in [5, 5.41) is 9.75. The Labute approximate surface area is 235 Å². The number of benzene rings is 2. The summed E-state index contributed by atoms with van der Waals surface area (Å²) in [5.41, 5.74) is 5.77. The van der Waals surface area contributed by atoms with E-state index in [0.717, 1.165) is 73.3 Å². The molecule has 1 saturated carbocycles. The fourth-order valence-corrected chi connectivity index (χ4v) is 6.55. The summed E-state index contributed by atoms with van der Waals surface area (Å²) in [6.07, 6.45) is 7.38. The lowest BCUT2D eigenvalue weighted by molar-refractivity contribution is -0.142. The topological polar surface area (TPSA) is 71.9 Å². The predicted molar refractivity (Wildman–Crippen MR) is 151 cm³/mol. The molecule has 3 aliphatic rings. The number of rotatable bonds is 9. The number of halogens is 1. The highest BCUT2D eigenvalue weighted by Gasteiger charge is 2.39. The van der Waals surface area contributed by atoms with E-state index in [1.165, 1.54) is 31.7 Å². The van der Waals surface area contributed by atoms with Crippen molar-refractivity contribution in [1.29, 1.82) is 0 Å². The van der Waals surface area contributed by atoms with E-state index in [1.54, 1.807) is 6.07 Å². The third kappa shape index (κ3) is 5.44. The molecule has 7 heteroatoms. The summed E-state index contributed by atoms with van der Waals surface area (Å²) in [5.74, 6) is 0.112. The fourth-order valence-electron chi connectivity index (χ4n) is 6.55. The molecule has 6 rings (SSSR count). The van der Waals surface area contributed by atoms with Crippen LogP contribution in [0.4, 0.5) is 4.39 Å². The Morgan fingerprint density at radius 1 is 1.15 bits per heavy atom. The van der Waals surface area contributed by atoms with E-state index in [9.17, 15) is 14.3 Å². The number of carbonyl (C=O) groups is 1. The summed E-state index contributed by atoms with van der Waals surface area (Å²) < 4.78 is 26.8. The molecule has 2 fully saturated rings. The fraction of sp³-hybridized carbons (Fsp3) is 0.455. The van der Waals surface area contributed by atoms with Crippen LogP contribution in [0.15, 0.2) is 48.7 Å². The Kier molecular flexibility index (Phi) is 7.49. The van der Waals surface area contributed by atoms with Gasteiger partial charge >= 0.3 is 5.97 Å². The van der Waals surface area contributed by atoms with Crippen molar-refractivity contribution in [3.63, 3.8) is 0 Å². The highest BCUT2D eigenvalue weighted by Crippen LogP contribution is 2.48. The van der Waals surface area contributed by atoms with E-state index in [1.807, 2.05) is 13.0 Å². The molecule has 2 aromatic carbocycles. The molecule has 0 amide bonds. The molecular weight excluding hydrogens is 507 g/mol. The van der Waals surface area contributed by atoms with Gasteiger partial charge in [-0.15, -0.1) is 0 Å². The number of likely N-dealkylation sites (tertiary alicyclic amines) is 1. The number of pyridine rings is 1. The highest BCUT2D eigenvalue weighted by atomic mass is 19.1. The van der Waals surface area contributed by atoms with Crippen LogP contribution in [-0.2, 0) is 17.8 Å². The predicted octanol–water partition coefficient (Wildman–Crippen LogP) is 6.77. The lowest BCUT2D eigenvalue weighted by atomic mass is 9.82. The number of hydrogen-bond donors (Lipinski definition) is 1. The number of carboxylic acid groups (broad SMARTS) is 1. The molecule has 210 valence electrons. The largest absolute Gasteiger partial charge is 0.485 e. The normalized spacial score (nSPS) is 20.4. The van der Waals surface area contributed by atoms with Gasteiger partial charge in [0.1, 0.15) is 17.7 Å². The summed E-state index contributed by atoms with van der Waals surface area (Å²) >= 11 is 0. The molecule has 3 aromatic rings. The molecule has 3 atom stereocenters. The first-order valence-electron chi connectivity index (χ1n) is 14.5. The molecule has 6 nitrogen and oxygen atoms in total. The molecule has 1 aliphatic carbocycles. The maximum atomic E-state index is 14.8. The number of aryl methyl sites for hydroxylation is 1. The number of ether oxygens (including phenoxy) is 2. The van der Waals surface area contributed by atoms with E-state index in [2.05, 4.69) is 40.2 Å². The summed E-state index contributed by atoms with van der Waals surface area (Å²) in [4.78, 5) is 18.3. The minimum atomic E-state index is -0.747. The van der Waals surface area contributed by atoms with Crippen molar-refractivity contribution in [3.05, 3.63) is 76.7 Å². The van der Waals surface area contributed by atoms with Gasteiger partial charge in [-0.1, -0.05) is 31.2 Å². The van der Waals surface area contributed by atoms with E-state index in [4.69, 9.17) is 9.47 Å². The number of fused-ring (bicyclic) bond motifs is 1. The molecule has 0 spiro atoms. The van der Waals surface area contributed by atoms with E-state index in [-0.39, 0.29) is 17.8 Å². The quantitative estimate of drug-likeness (QED) is 0.320. The summed E-state index contributed by atoms with van der Waals surface area (Å²) in [6.45, 7) is 4.73. The average molecular weight is 545 g/mol. The van der Waals surface area contributed by atoms with Crippen molar-refractivity contribution in [2.45, 2.75) is 64.0 Å². The number of carboxylic acids is 1. The Balaban J connectivity index is 1.33. The average Bonchev–Trinajstić information content (AvgIpc) is 3.67. The van der Waals surface area contributed by atoms with Crippen LogP contribution in [0.5, 0.6) is 11.6 Å². The van der Waals surface area contributed by atoms with Gasteiger partial charge in [0.2, 0.25) is 5.88 Å². The third-order valence-corrected chi connectivity index (χ3v) is 8.91. The van der Waals surface area contributed by atoms with Crippen LogP contribution >= 0.6 is 0 Å². The van der Waals surface area contributed by atoms with Gasteiger partial charge in [-0.05, 0) is 103 Å². The lowest BCUT2D eigenvalue weighted by Crippen LogP contribution is -2.23. The Hall–Kier alpha value is -3.45. The van der Waals surface area contributed by atoms with Crippen LogP contribution in [0.1, 0.15) is 73.3 Å². The number of hydrogen-bond acceptors (Lipinski definition) is 5. The van der Waals surface area contributed by atoms with Gasteiger partial charge in [-0.2, -0.15) is 0 Å². The zero-order chi connectivity index (χ0) is 27.8. The first-order chi connectivity index (χ1) is 19.4. The van der Waals surface area contributed by atoms with Gasteiger partial charge in [0.05, 0.1) is 19.2 Å². The lowest BCUT2D eigenvalue weighted by Gasteiger charge is -2.30. The third-order valence-electron chi connectivity index (χ3n) is 8.91. The van der Waals surface area contributed by atoms with Crippen molar-refractivity contribution in [2.75, 3.05) is 20.2 Å². The standard InChI is InChI=1S/C33H37FN2O4/c1-20(33(37)38)32(22-6-7-22)24-8-5-21-10-12-29(40-30(21)16-24)26-11-9-23(15-25(26)19-36-13-3-4-14-36)27-17-31(39-2)35-18-28(27)34/h5,8-9,11,15-18,20,22,29,32H,3-4,6-7,10,12-14,19H2,1-2H3,(H,37,38)/t20-,29?,32?/m0/s1. The number of nitrogens with zero attached hydrogens (tertiary/aromatic N) is 2. The zero-order valence-electron chi connectivity index (χ0n) is 23.2. The van der Waals surface area contributed by atoms with Crippen molar-refractivity contribution in [1.82, 2.24) is 9.88 Å². The van der Waals surface area contributed by atoms with Crippen LogP contribution in [0.2, 0.25) is 0 Å².